The van der Waals surface area contributed by atoms with Crippen LogP contribution in [0.15, 0.2) is 48.5 Å². The second-order valence-corrected chi connectivity index (χ2v) is 8.71. The molecule has 1 heterocycles. The van der Waals surface area contributed by atoms with Crippen molar-refractivity contribution in [3.63, 3.8) is 0 Å². The number of carbonyl (C=O) groups excluding carboxylic acids is 2. The fraction of sp³-hybridized carbons (Fsp3) is 0.481. The Morgan fingerprint density at radius 3 is 2.66 bits per heavy atom. The third-order valence-corrected chi connectivity index (χ3v) is 6.12. The molecule has 0 radical (unpaired) electrons. The van der Waals surface area contributed by atoms with Crippen molar-refractivity contribution >= 4 is 11.8 Å². The summed E-state index contributed by atoms with van der Waals surface area (Å²) in [7, 11) is 0. The van der Waals surface area contributed by atoms with Gasteiger partial charge in [-0.2, -0.15) is 0 Å². The van der Waals surface area contributed by atoms with Crippen molar-refractivity contribution in [2.45, 2.75) is 58.5 Å². The molecule has 2 atom stereocenters. The Bertz CT molecular complexity index is 880. The summed E-state index contributed by atoms with van der Waals surface area (Å²) >= 11 is 0. The molecule has 0 saturated carbocycles. The number of rotatable bonds is 13. The fourth-order valence-corrected chi connectivity index (χ4v) is 4.21. The van der Waals surface area contributed by atoms with Crippen molar-refractivity contribution in [1.29, 1.82) is 0 Å². The Hall–Kier alpha value is -2.53. The Labute approximate surface area is 190 Å². The van der Waals surface area contributed by atoms with Gasteiger partial charge in [-0.1, -0.05) is 48.9 Å². The lowest BCUT2D eigenvalue weighted by molar-refractivity contribution is -0.141. The van der Waals surface area contributed by atoms with Gasteiger partial charge in [-0.25, -0.2) is 4.39 Å². The number of carbonyl (C=O) groups is 2. The maximum Gasteiger partial charge on any atom is 0.309 e. The lowest BCUT2D eigenvalue weighted by Gasteiger charge is -2.15. The van der Waals surface area contributed by atoms with Gasteiger partial charge in [-0.15, -0.1) is 0 Å². The molecule has 4 nitrogen and oxygen atoms in total. The largest absolute Gasteiger partial charge is 0.465 e. The predicted octanol–water partition coefficient (Wildman–Crippen LogP) is 5.59. The van der Waals surface area contributed by atoms with Gasteiger partial charge in [-0.3, -0.25) is 9.59 Å². The number of Topliss-reactive ketones (excluding diaryl/α,β-unsaturated/α-hetero) is 1. The second kappa shape index (κ2) is 12.5. The molecule has 0 spiro atoms. The number of aryl methyl sites for hydroxylation is 1. The Morgan fingerprint density at radius 1 is 1.06 bits per heavy atom. The number of halogens is 1. The first kappa shape index (κ1) is 24.1. The fourth-order valence-electron chi connectivity index (χ4n) is 4.21. The highest BCUT2D eigenvalue weighted by Crippen LogP contribution is 2.30. The molecule has 1 saturated heterocycles. The Morgan fingerprint density at radius 2 is 1.88 bits per heavy atom. The zero-order chi connectivity index (χ0) is 22.8. The van der Waals surface area contributed by atoms with Crippen LogP contribution in [-0.4, -0.2) is 25.0 Å². The summed E-state index contributed by atoms with van der Waals surface area (Å²) in [4.78, 5) is 24.4. The van der Waals surface area contributed by atoms with Crippen LogP contribution >= 0.6 is 0 Å². The minimum absolute atomic E-state index is 0.153. The van der Waals surface area contributed by atoms with Gasteiger partial charge in [0.25, 0.3) is 0 Å². The Balaban J connectivity index is 1.27. The van der Waals surface area contributed by atoms with Gasteiger partial charge in [0, 0.05) is 25.4 Å². The summed E-state index contributed by atoms with van der Waals surface area (Å²) < 4.78 is 24.2. The van der Waals surface area contributed by atoms with Crippen LogP contribution < -0.4 is 0 Å². The zero-order valence-corrected chi connectivity index (χ0v) is 18.9. The molecule has 0 N–H and O–H groups in total. The highest BCUT2D eigenvalue weighted by Gasteiger charge is 2.36. The van der Waals surface area contributed by atoms with E-state index in [2.05, 4.69) is 12.1 Å². The topological polar surface area (TPSA) is 52.6 Å². The lowest BCUT2D eigenvalue weighted by Crippen LogP contribution is -2.19. The SMILES string of the molecule is Cc1cc(COCCCCCC(=O)CCC2C(=O)OC[C@H]2Cc2ccccc2)ccc1F. The number of unbranched alkanes of at least 4 members (excludes halogenated alkanes) is 2. The summed E-state index contributed by atoms with van der Waals surface area (Å²) in [6.07, 6.45) is 5.02. The maximum absolute atomic E-state index is 13.3. The van der Waals surface area contributed by atoms with E-state index in [1.807, 2.05) is 18.2 Å². The van der Waals surface area contributed by atoms with E-state index in [0.717, 1.165) is 31.2 Å². The molecule has 0 aromatic heterocycles. The van der Waals surface area contributed by atoms with Gasteiger partial charge >= 0.3 is 5.97 Å². The summed E-state index contributed by atoms with van der Waals surface area (Å²) in [6, 6.07) is 15.1. The minimum Gasteiger partial charge on any atom is -0.465 e. The average Bonchev–Trinajstić information content (AvgIpc) is 3.13. The van der Waals surface area contributed by atoms with Crippen LogP contribution in [-0.2, 0) is 32.1 Å². The monoisotopic (exact) mass is 440 g/mol. The molecule has 0 aliphatic carbocycles. The van der Waals surface area contributed by atoms with Crippen molar-refractivity contribution < 1.29 is 23.5 Å². The molecule has 1 aliphatic rings. The van der Waals surface area contributed by atoms with Crippen LogP contribution in [0.2, 0.25) is 0 Å². The zero-order valence-electron chi connectivity index (χ0n) is 18.9. The van der Waals surface area contributed by atoms with Gasteiger partial charge in [0.1, 0.15) is 11.6 Å². The number of cyclic esters (lactones) is 1. The van der Waals surface area contributed by atoms with E-state index in [0.29, 0.717) is 44.6 Å². The first-order chi connectivity index (χ1) is 15.5. The number of hydrogen-bond donors (Lipinski definition) is 0. The van der Waals surface area contributed by atoms with E-state index in [1.54, 1.807) is 19.1 Å². The number of hydrogen-bond acceptors (Lipinski definition) is 4. The van der Waals surface area contributed by atoms with Crippen LogP contribution in [0.5, 0.6) is 0 Å². The third-order valence-electron chi connectivity index (χ3n) is 6.12. The van der Waals surface area contributed by atoms with Gasteiger partial charge in [0.15, 0.2) is 0 Å². The third kappa shape index (κ3) is 7.56. The highest BCUT2D eigenvalue weighted by atomic mass is 19.1. The van der Waals surface area contributed by atoms with Crippen molar-refractivity contribution in [2.24, 2.45) is 11.8 Å². The van der Waals surface area contributed by atoms with E-state index in [1.165, 1.54) is 11.6 Å². The lowest BCUT2D eigenvalue weighted by atomic mass is 9.85. The highest BCUT2D eigenvalue weighted by molar-refractivity contribution is 5.80. The van der Waals surface area contributed by atoms with Crippen LogP contribution in [0.3, 0.4) is 0 Å². The van der Waals surface area contributed by atoms with Gasteiger partial charge < -0.3 is 9.47 Å². The van der Waals surface area contributed by atoms with Gasteiger partial charge in [0.05, 0.1) is 19.1 Å². The van der Waals surface area contributed by atoms with E-state index in [-0.39, 0.29) is 29.4 Å². The molecule has 1 unspecified atom stereocenters. The molecule has 5 heteroatoms. The van der Waals surface area contributed by atoms with Crippen molar-refractivity contribution in [3.05, 3.63) is 71.0 Å². The number of esters is 1. The smallest absolute Gasteiger partial charge is 0.309 e. The van der Waals surface area contributed by atoms with Crippen LogP contribution in [0.4, 0.5) is 4.39 Å². The summed E-state index contributed by atoms with van der Waals surface area (Å²) in [5.41, 5.74) is 2.79. The van der Waals surface area contributed by atoms with E-state index < -0.39 is 0 Å². The molecule has 0 amide bonds. The molecule has 3 rings (SSSR count). The molecular weight excluding hydrogens is 407 g/mol. The Kier molecular flexibility index (Phi) is 9.42. The number of ether oxygens (including phenoxy) is 2. The number of benzene rings is 2. The van der Waals surface area contributed by atoms with Crippen LogP contribution in [0.25, 0.3) is 0 Å². The van der Waals surface area contributed by atoms with E-state index >= 15 is 0 Å². The molecule has 0 bridgehead atoms. The van der Waals surface area contributed by atoms with Gasteiger partial charge in [0.2, 0.25) is 0 Å². The minimum atomic E-state index is -0.199. The van der Waals surface area contributed by atoms with E-state index in [4.69, 9.17) is 9.47 Å². The summed E-state index contributed by atoms with van der Waals surface area (Å²) in [5, 5.41) is 0. The molecule has 172 valence electrons. The molecule has 2 aromatic carbocycles. The van der Waals surface area contributed by atoms with Crippen molar-refractivity contribution in [3.8, 4) is 0 Å². The molecule has 1 fully saturated rings. The number of ketones is 1. The van der Waals surface area contributed by atoms with Crippen molar-refractivity contribution in [2.75, 3.05) is 13.2 Å². The first-order valence-corrected chi connectivity index (χ1v) is 11.6. The van der Waals surface area contributed by atoms with Crippen LogP contribution in [0, 0.1) is 24.6 Å². The van der Waals surface area contributed by atoms with Crippen LogP contribution in [0.1, 0.15) is 55.2 Å². The van der Waals surface area contributed by atoms with E-state index in [9.17, 15) is 14.0 Å². The first-order valence-electron chi connectivity index (χ1n) is 11.6. The molecular formula is C27H33FO4. The quantitative estimate of drug-likeness (QED) is 0.301. The normalized spacial score (nSPS) is 18.0. The summed E-state index contributed by atoms with van der Waals surface area (Å²) in [6.45, 7) is 3.29. The molecule has 1 aliphatic heterocycles. The molecule has 32 heavy (non-hydrogen) atoms. The molecule has 2 aromatic rings. The summed E-state index contributed by atoms with van der Waals surface area (Å²) in [5.74, 6) is -0.171. The van der Waals surface area contributed by atoms with Gasteiger partial charge in [-0.05, 0) is 55.4 Å². The van der Waals surface area contributed by atoms with Crippen molar-refractivity contribution in [1.82, 2.24) is 0 Å². The second-order valence-electron chi connectivity index (χ2n) is 8.71. The maximum atomic E-state index is 13.3. The average molecular weight is 441 g/mol. The standard InChI is InChI=1S/C27H33FO4/c1-20-16-22(11-14-26(20)28)18-31-15-7-3-6-10-24(29)12-13-25-23(19-32-27(25)30)17-21-8-4-2-5-9-21/h2,4-5,8-9,11,14,16,23,25H,3,6-7,10,12-13,15,17-19H2,1H3/t23-,25?/m1/s1. The predicted molar refractivity (Wildman–Crippen MR) is 122 cm³/mol.